The predicted molar refractivity (Wildman–Crippen MR) is 58.8 cm³/mol. The summed E-state index contributed by atoms with van der Waals surface area (Å²) in [6.45, 7) is 8.10. The van der Waals surface area contributed by atoms with Crippen LogP contribution in [-0.2, 0) is 0 Å². The van der Waals surface area contributed by atoms with Crippen LogP contribution < -0.4 is 5.30 Å². The number of hydrogen-bond acceptors (Lipinski definition) is 0. The molecule has 0 aliphatic carbocycles. The summed E-state index contributed by atoms with van der Waals surface area (Å²) in [5.41, 5.74) is 1.93. The molecule has 1 aromatic rings. The Hall–Kier alpha value is -0.610. The van der Waals surface area contributed by atoms with E-state index in [1.54, 1.807) is 0 Å². The van der Waals surface area contributed by atoms with Crippen molar-refractivity contribution in [1.82, 2.24) is 0 Å². The van der Waals surface area contributed by atoms with E-state index in [0.29, 0.717) is 5.66 Å². The summed E-state index contributed by atoms with van der Waals surface area (Å²) in [5, 5.41) is 1.42. The zero-order valence-corrected chi connectivity index (χ0v) is 8.67. The second-order valence-electron chi connectivity index (χ2n) is 3.03. The Morgan fingerprint density at radius 2 is 1.92 bits per heavy atom. The summed E-state index contributed by atoms with van der Waals surface area (Å²) in [6.07, 6.45) is 2.01. The highest BCUT2D eigenvalue weighted by Gasteiger charge is 1.97. The van der Waals surface area contributed by atoms with Crippen molar-refractivity contribution in [2.75, 3.05) is 0 Å². The maximum atomic E-state index is 3.78. The fourth-order valence-corrected chi connectivity index (χ4v) is 1.97. The predicted octanol–water partition coefficient (Wildman–Crippen LogP) is 2.87. The molecule has 1 aromatic carbocycles. The smallest absolute Gasteiger partial charge is 0.00478 e. The molecule has 2 unspecified atom stereocenters. The highest BCUT2D eigenvalue weighted by molar-refractivity contribution is 7.48. The Kier molecular flexibility index (Phi) is 3.49. The Labute approximate surface area is 76.5 Å². The van der Waals surface area contributed by atoms with Gasteiger partial charge in [-0.3, -0.25) is 0 Å². The number of benzene rings is 1. The third kappa shape index (κ3) is 2.79. The third-order valence-electron chi connectivity index (χ3n) is 1.80. The molecule has 2 atom stereocenters. The summed E-state index contributed by atoms with van der Waals surface area (Å²) in [7, 11) is 0.857. The van der Waals surface area contributed by atoms with E-state index in [0.717, 1.165) is 8.58 Å². The standard InChI is InChI=1S/C11H15P/c1-4-10(3)12-11-7-5-9(2)6-8-11/h4-8,10,12H,1H2,2-3H3. The number of allylic oxidation sites excluding steroid dienone is 1. The van der Waals surface area contributed by atoms with Crippen molar-refractivity contribution in [2.24, 2.45) is 0 Å². The van der Waals surface area contributed by atoms with Crippen LogP contribution in [0.4, 0.5) is 0 Å². The van der Waals surface area contributed by atoms with Gasteiger partial charge in [0.15, 0.2) is 0 Å². The van der Waals surface area contributed by atoms with Crippen LogP contribution in [0.2, 0.25) is 0 Å². The molecule has 64 valence electrons. The second-order valence-corrected chi connectivity index (χ2v) is 4.81. The molecule has 0 saturated heterocycles. The van der Waals surface area contributed by atoms with Crippen molar-refractivity contribution < 1.29 is 0 Å². The monoisotopic (exact) mass is 178 g/mol. The van der Waals surface area contributed by atoms with Gasteiger partial charge in [-0.05, 0) is 17.9 Å². The molecule has 0 radical (unpaired) electrons. The van der Waals surface area contributed by atoms with Crippen LogP contribution in [0, 0.1) is 6.92 Å². The van der Waals surface area contributed by atoms with Gasteiger partial charge >= 0.3 is 0 Å². The maximum Gasteiger partial charge on any atom is -0.00478 e. The highest BCUT2D eigenvalue weighted by Crippen LogP contribution is 2.18. The first-order valence-corrected chi connectivity index (χ1v) is 5.26. The molecule has 0 saturated carbocycles. The molecule has 0 aromatic heterocycles. The molecule has 0 fully saturated rings. The van der Waals surface area contributed by atoms with Gasteiger partial charge in [-0.15, -0.1) is 6.58 Å². The topological polar surface area (TPSA) is 0 Å². The molecule has 0 bridgehead atoms. The zero-order chi connectivity index (χ0) is 8.97. The summed E-state index contributed by atoms with van der Waals surface area (Å²) in [5.74, 6) is 0. The molecular formula is C11H15P. The van der Waals surface area contributed by atoms with E-state index >= 15 is 0 Å². The first kappa shape index (κ1) is 9.48. The van der Waals surface area contributed by atoms with Gasteiger partial charge in [0, 0.05) is 0 Å². The van der Waals surface area contributed by atoms with Crippen LogP contribution in [0.5, 0.6) is 0 Å². The van der Waals surface area contributed by atoms with Gasteiger partial charge in [-0.2, -0.15) is 0 Å². The van der Waals surface area contributed by atoms with Crippen molar-refractivity contribution in [1.29, 1.82) is 0 Å². The minimum absolute atomic E-state index is 0.604. The van der Waals surface area contributed by atoms with Gasteiger partial charge in [0.25, 0.3) is 0 Å². The molecule has 0 spiro atoms. The molecule has 0 nitrogen and oxygen atoms in total. The Morgan fingerprint density at radius 1 is 1.33 bits per heavy atom. The highest BCUT2D eigenvalue weighted by atomic mass is 31.1. The van der Waals surface area contributed by atoms with E-state index in [1.807, 2.05) is 6.08 Å². The molecule has 0 amide bonds. The normalized spacial score (nSPS) is 13.5. The first-order chi connectivity index (χ1) is 5.72. The minimum atomic E-state index is 0.604. The summed E-state index contributed by atoms with van der Waals surface area (Å²) >= 11 is 0. The fourth-order valence-electron chi connectivity index (χ4n) is 0.972. The van der Waals surface area contributed by atoms with Gasteiger partial charge < -0.3 is 0 Å². The lowest BCUT2D eigenvalue weighted by Gasteiger charge is -2.05. The lowest BCUT2D eigenvalue weighted by Crippen LogP contribution is -1.99. The van der Waals surface area contributed by atoms with E-state index in [-0.39, 0.29) is 0 Å². The van der Waals surface area contributed by atoms with Crippen molar-refractivity contribution in [3.8, 4) is 0 Å². The van der Waals surface area contributed by atoms with Gasteiger partial charge in [0.1, 0.15) is 0 Å². The molecule has 0 N–H and O–H groups in total. The van der Waals surface area contributed by atoms with Crippen molar-refractivity contribution in [2.45, 2.75) is 19.5 Å². The van der Waals surface area contributed by atoms with Crippen LogP contribution in [0.15, 0.2) is 36.9 Å². The van der Waals surface area contributed by atoms with Gasteiger partial charge in [-0.25, -0.2) is 0 Å². The third-order valence-corrected chi connectivity index (χ3v) is 3.16. The van der Waals surface area contributed by atoms with E-state index in [1.165, 1.54) is 10.9 Å². The average Bonchev–Trinajstić information content (AvgIpc) is 2.09. The maximum absolute atomic E-state index is 3.78. The van der Waals surface area contributed by atoms with Crippen molar-refractivity contribution in [3.63, 3.8) is 0 Å². The molecule has 1 heteroatoms. The lowest BCUT2D eigenvalue weighted by atomic mass is 10.2. The van der Waals surface area contributed by atoms with Crippen LogP contribution in [-0.4, -0.2) is 5.66 Å². The molecule has 0 aliphatic rings. The minimum Gasteiger partial charge on any atom is -0.102 e. The zero-order valence-electron chi connectivity index (χ0n) is 7.67. The molecule has 12 heavy (non-hydrogen) atoms. The van der Waals surface area contributed by atoms with Gasteiger partial charge in [-0.1, -0.05) is 51.4 Å². The summed E-state index contributed by atoms with van der Waals surface area (Å²) in [6, 6.07) is 8.73. The number of rotatable bonds is 3. The lowest BCUT2D eigenvalue weighted by molar-refractivity contribution is 1.25. The quantitative estimate of drug-likeness (QED) is 0.493. The Morgan fingerprint density at radius 3 is 2.42 bits per heavy atom. The van der Waals surface area contributed by atoms with E-state index in [2.05, 4.69) is 44.7 Å². The SMILES string of the molecule is C=CC(C)Pc1ccc(C)cc1. The van der Waals surface area contributed by atoms with Crippen LogP contribution in [0.3, 0.4) is 0 Å². The second kappa shape index (κ2) is 4.42. The molecule has 0 aliphatic heterocycles. The van der Waals surface area contributed by atoms with Crippen molar-refractivity contribution >= 4 is 13.9 Å². The van der Waals surface area contributed by atoms with Crippen LogP contribution in [0.25, 0.3) is 0 Å². The van der Waals surface area contributed by atoms with Gasteiger partial charge in [0.05, 0.1) is 0 Å². The molecular weight excluding hydrogens is 163 g/mol. The van der Waals surface area contributed by atoms with E-state index in [4.69, 9.17) is 0 Å². The van der Waals surface area contributed by atoms with E-state index in [9.17, 15) is 0 Å². The van der Waals surface area contributed by atoms with Crippen LogP contribution >= 0.6 is 8.58 Å². The first-order valence-electron chi connectivity index (χ1n) is 4.18. The number of aryl methyl sites for hydroxylation is 1. The van der Waals surface area contributed by atoms with Crippen LogP contribution in [0.1, 0.15) is 12.5 Å². The largest absolute Gasteiger partial charge is 0.102 e. The van der Waals surface area contributed by atoms with Crippen molar-refractivity contribution in [3.05, 3.63) is 42.5 Å². The molecule has 1 rings (SSSR count). The summed E-state index contributed by atoms with van der Waals surface area (Å²) in [4.78, 5) is 0. The van der Waals surface area contributed by atoms with E-state index < -0.39 is 0 Å². The average molecular weight is 178 g/mol. The fraction of sp³-hybridized carbons (Fsp3) is 0.273. The summed E-state index contributed by atoms with van der Waals surface area (Å²) < 4.78 is 0. The Bertz CT molecular complexity index is 248. The molecule has 0 heterocycles. The number of hydrogen-bond donors (Lipinski definition) is 0. The Balaban J connectivity index is 2.64. The van der Waals surface area contributed by atoms with Gasteiger partial charge in [0.2, 0.25) is 0 Å².